The van der Waals surface area contributed by atoms with Crippen LogP contribution in [0, 0.1) is 0 Å². The molecule has 2 aromatic carbocycles. The molecule has 1 N–H and O–H groups in total. The van der Waals surface area contributed by atoms with Gasteiger partial charge in [0.15, 0.2) is 0 Å². The quantitative estimate of drug-likeness (QED) is 0.670. The molecular weight excluding hydrogens is 278 g/mol. The molecule has 0 saturated heterocycles. The van der Waals surface area contributed by atoms with E-state index >= 15 is 0 Å². The molecule has 0 radical (unpaired) electrons. The van der Waals surface area contributed by atoms with Gasteiger partial charge in [-0.25, -0.2) is 0 Å². The molecule has 0 aliphatic carbocycles. The van der Waals surface area contributed by atoms with Crippen molar-refractivity contribution >= 4 is 11.6 Å². The number of nitrogens with one attached hydrogen (secondary N) is 1. The summed E-state index contributed by atoms with van der Waals surface area (Å²) < 4.78 is 0. The maximum atomic E-state index is 6.21. The summed E-state index contributed by atoms with van der Waals surface area (Å²) >= 11 is 6.21. The monoisotopic (exact) mass is 301 g/mol. The minimum atomic E-state index is 0.796. The third-order valence-corrected chi connectivity index (χ3v) is 3.83. The molecule has 2 heteroatoms. The predicted molar refractivity (Wildman–Crippen MR) is 92.9 cm³/mol. The Morgan fingerprint density at radius 3 is 2.62 bits per heavy atom. The van der Waals surface area contributed by atoms with E-state index in [4.69, 9.17) is 11.6 Å². The van der Waals surface area contributed by atoms with Crippen molar-refractivity contribution in [3.05, 3.63) is 58.6 Å². The van der Waals surface area contributed by atoms with Crippen molar-refractivity contribution in [2.75, 3.05) is 6.54 Å². The molecule has 2 rings (SSSR count). The third-order valence-electron chi connectivity index (χ3n) is 3.59. The Bertz CT molecular complexity index is 578. The normalized spacial score (nSPS) is 10.8. The van der Waals surface area contributed by atoms with Crippen LogP contribution in [0.1, 0.15) is 37.8 Å². The summed E-state index contributed by atoms with van der Waals surface area (Å²) in [5, 5.41) is 4.27. The maximum absolute atomic E-state index is 6.21. The van der Waals surface area contributed by atoms with Crippen molar-refractivity contribution in [3.8, 4) is 11.1 Å². The average molecular weight is 302 g/mol. The van der Waals surface area contributed by atoms with Gasteiger partial charge in [-0.3, -0.25) is 0 Å². The van der Waals surface area contributed by atoms with Crippen molar-refractivity contribution < 1.29 is 0 Å². The van der Waals surface area contributed by atoms with E-state index in [-0.39, 0.29) is 0 Å². The molecular formula is C19H24ClN. The first-order valence-electron chi connectivity index (χ1n) is 7.83. The topological polar surface area (TPSA) is 12.0 Å². The largest absolute Gasteiger partial charge is 0.313 e. The van der Waals surface area contributed by atoms with E-state index in [1.165, 1.54) is 28.7 Å². The Labute approximate surface area is 133 Å². The highest BCUT2D eigenvalue weighted by Gasteiger charge is 2.07. The van der Waals surface area contributed by atoms with Gasteiger partial charge in [0.1, 0.15) is 0 Å². The van der Waals surface area contributed by atoms with E-state index in [2.05, 4.69) is 55.6 Å². The van der Waals surface area contributed by atoms with E-state index in [0.717, 1.165) is 31.0 Å². The van der Waals surface area contributed by atoms with E-state index in [9.17, 15) is 0 Å². The molecule has 0 saturated carbocycles. The molecule has 0 heterocycles. The maximum Gasteiger partial charge on any atom is 0.0412 e. The second-order valence-electron chi connectivity index (χ2n) is 5.43. The summed E-state index contributed by atoms with van der Waals surface area (Å²) in [7, 11) is 0. The van der Waals surface area contributed by atoms with Gasteiger partial charge in [0.2, 0.25) is 0 Å². The zero-order chi connectivity index (χ0) is 15.1. The summed E-state index contributed by atoms with van der Waals surface area (Å²) in [5.74, 6) is 0. The molecule has 0 aliphatic heterocycles. The molecule has 112 valence electrons. The zero-order valence-corrected chi connectivity index (χ0v) is 13.7. The molecule has 1 nitrogen and oxygen atoms in total. The Hall–Kier alpha value is -1.31. The SMILES string of the molecule is CCCNCc1ccc(Cl)cc1-c1cccc(CCC)c1. The molecule has 0 bridgehead atoms. The Morgan fingerprint density at radius 2 is 1.86 bits per heavy atom. The molecule has 0 aliphatic rings. The van der Waals surface area contributed by atoms with Gasteiger partial charge in [-0.1, -0.05) is 62.2 Å². The first-order valence-corrected chi connectivity index (χ1v) is 8.20. The lowest BCUT2D eigenvalue weighted by Crippen LogP contribution is -2.14. The summed E-state index contributed by atoms with van der Waals surface area (Å²) in [6.07, 6.45) is 3.44. The van der Waals surface area contributed by atoms with Crippen LogP contribution < -0.4 is 5.32 Å². The molecule has 21 heavy (non-hydrogen) atoms. The average Bonchev–Trinajstić information content (AvgIpc) is 2.49. The van der Waals surface area contributed by atoms with Crippen molar-refractivity contribution in [3.63, 3.8) is 0 Å². The van der Waals surface area contributed by atoms with E-state index in [1.807, 2.05) is 6.07 Å². The molecule has 0 unspecified atom stereocenters. The van der Waals surface area contributed by atoms with Gasteiger partial charge in [-0.2, -0.15) is 0 Å². The summed E-state index contributed by atoms with van der Waals surface area (Å²) in [5.41, 5.74) is 5.20. The van der Waals surface area contributed by atoms with Gasteiger partial charge in [-0.05, 0) is 53.8 Å². The van der Waals surface area contributed by atoms with Gasteiger partial charge in [0.25, 0.3) is 0 Å². The lowest BCUT2D eigenvalue weighted by Gasteiger charge is -2.12. The summed E-state index contributed by atoms with van der Waals surface area (Å²) in [4.78, 5) is 0. The van der Waals surface area contributed by atoms with E-state index in [1.54, 1.807) is 0 Å². The fourth-order valence-electron chi connectivity index (χ4n) is 2.55. The number of benzene rings is 2. The van der Waals surface area contributed by atoms with Crippen molar-refractivity contribution in [1.29, 1.82) is 0 Å². The van der Waals surface area contributed by atoms with Crippen LogP contribution in [0.25, 0.3) is 11.1 Å². The Kier molecular flexibility index (Phi) is 6.28. The molecule has 0 spiro atoms. The Balaban J connectivity index is 2.32. The number of halogens is 1. The van der Waals surface area contributed by atoms with Crippen molar-refractivity contribution in [2.45, 2.75) is 39.7 Å². The highest BCUT2D eigenvalue weighted by atomic mass is 35.5. The predicted octanol–water partition coefficient (Wildman–Crippen LogP) is 5.46. The fourth-order valence-corrected chi connectivity index (χ4v) is 2.73. The van der Waals surface area contributed by atoms with Gasteiger partial charge < -0.3 is 5.32 Å². The first kappa shape index (κ1) is 16.1. The lowest BCUT2D eigenvalue weighted by atomic mass is 9.97. The van der Waals surface area contributed by atoms with Gasteiger partial charge >= 0.3 is 0 Å². The summed E-state index contributed by atoms with van der Waals surface area (Å²) in [6, 6.07) is 15.0. The van der Waals surface area contributed by atoms with Crippen LogP contribution in [0.4, 0.5) is 0 Å². The Morgan fingerprint density at radius 1 is 1.00 bits per heavy atom. The third kappa shape index (κ3) is 4.59. The van der Waals surface area contributed by atoms with Gasteiger partial charge in [0, 0.05) is 11.6 Å². The van der Waals surface area contributed by atoms with Crippen molar-refractivity contribution in [1.82, 2.24) is 5.32 Å². The number of hydrogen-bond donors (Lipinski definition) is 1. The minimum Gasteiger partial charge on any atom is -0.313 e. The standard InChI is InChI=1S/C19H24ClN/c1-3-6-15-7-5-8-16(12-15)19-13-18(20)10-9-17(19)14-21-11-4-2/h5,7-10,12-13,21H,3-4,6,11,14H2,1-2H3. The molecule has 0 fully saturated rings. The van der Waals surface area contributed by atoms with Crippen LogP contribution in [-0.2, 0) is 13.0 Å². The highest BCUT2D eigenvalue weighted by Crippen LogP contribution is 2.28. The molecule has 0 atom stereocenters. The van der Waals surface area contributed by atoms with Crippen molar-refractivity contribution in [2.24, 2.45) is 0 Å². The smallest absolute Gasteiger partial charge is 0.0412 e. The number of rotatable bonds is 7. The van der Waals surface area contributed by atoms with E-state index < -0.39 is 0 Å². The summed E-state index contributed by atoms with van der Waals surface area (Å²) in [6.45, 7) is 6.33. The fraction of sp³-hybridized carbons (Fsp3) is 0.368. The van der Waals surface area contributed by atoms with Crippen LogP contribution in [0.5, 0.6) is 0 Å². The van der Waals surface area contributed by atoms with Crippen LogP contribution in [-0.4, -0.2) is 6.54 Å². The van der Waals surface area contributed by atoms with Gasteiger partial charge in [0.05, 0.1) is 0 Å². The highest BCUT2D eigenvalue weighted by molar-refractivity contribution is 6.30. The second kappa shape index (κ2) is 8.21. The number of aryl methyl sites for hydroxylation is 1. The number of hydrogen-bond acceptors (Lipinski definition) is 1. The van der Waals surface area contributed by atoms with E-state index in [0.29, 0.717) is 0 Å². The molecule has 0 aromatic heterocycles. The lowest BCUT2D eigenvalue weighted by molar-refractivity contribution is 0.676. The second-order valence-corrected chi connectivity index (χ2v) is 5.87. The van der Waals surface area contributed by atoms with Crippen LogP contribution >= 0.6 is 11.6 Å². The van der Waals surface area contributed by atoms with Gasteiger partial charge in [-0.15, -0.1) is 0 Å². The minimum absolute atomic E-state index is 0.796. The van der Waals surface area contributed by atoms with Crippen LogP contribution in [0.3, 0.4) is 0 Å². The zero-order valence-electron chi connectivity index (χ0n) is 13.0. The van der Waals surface area contributed by atoms with Crippen LogP contribution in [0.15, 0.2) is 42.5 Å². The molecule has 2 aromatic rings. The molecule has 0 amide bonds. The van der Waals surface area contributed by atoms with Crippen LogP contribution in [0.2, 0.25) is 5.02 Å². The first-order chi connectivity index (χ1) is 10.2.